The predicted molar refractivity (Wildman–Crippen MR) is 74.2 cm³/mol. The molecule has 0 spiro atoms. The number of nitrogens with one attached hydrogen (secondary N) is 1. The Balaban J connectivity index is 1.94. The standard InChI is InChI=1S/C15H18F3NO4/c1-9-13(20)11(19-14(21)15(16,17)18)7-12(23-9)22-8-10-5-3-2-4-6-10/h2-6,9,11-13,20H,7-8H2,1H3,(H,19,21)/t9-,11-,12+,13+/m0/s1. The highest BCUT2D eigenvalue weighted by Crippen LogP contribution is 2.24. The number of benzene rings is 1. The number of aliphatic hydroxyl groups excluding tert-OH is 1. The summed E-state index contributed by atoms with van der Waals surface area (Å²) >= 11 is 0. The molecule has 0 saturated carbocycles. The Bertz CT molecular complexity index is 523. The van der Waals surface area contributed by atoms with Crippen LogP contribution in [0.1, 0.15) is 18.9 Å². The van der Waals surface area contributed by atoms with Crippen LogP contribution in [0.2, 0.25) is 0 Å². The Morgan fingerprint density at radius 3 is 2.65 bits per heavy atom. The molecule has 1 aromatic rings. The summed E-state index contributed by atoms with van der Waals surface area (Å²) in [4.78, 5) is 11.0. The van der Waals surface area contributed by atoms with Gasteiger partial charge in [-0.2, -0.15) is 13.2 Å². The van der Waals surface area contributed by atoms with E-state index in [0.717, 1.165) is 5.56 Å². The van der Waals surface area contributed by atoms with E-state index < -0.39 is 36.6 Å². The molecule has 1 aromatic carbocycles. The zero-order valence-corrected chi connectivity index (χ0v) is 12.4. The minimum absolute atomic E-state index is 0.0693. The van der Waals surface area contributed by atoms with Crippen molar-refractivity contribution < 1.29 is 32.5 Å². The first-order valence-electron chi connectivity index (χ1n) is 7.14. The van der Waals surface area contributed by atoms with Gasteiger partial charge in [-0.15, -0.1) is 0 Å². The molecule has 1 heterocycles. The number of alkyl halides is 3. The molecule has 0 bridgehead atoms. The Morgan fingerprint density at radius 2 is 2.04 bits per heavy atom. The van der Waals surface area contributed by atoms with Crippen molar-refractivity contribution in [2.24, 2.45) is 0 Å². The second-order valence-corrected chi connectivity index (χ2v) is 5.37. The van der Waals surface area contributed by atoms with E-state index in [4.69, 9.17) is 9.47 Å². The molecule has 1 saturated heterocycles. The molecule has 2 rings (SSSR count). The number of hydrogen-bond donors (Lipinski definition) is 2. The molecule has 1 fully saturated rings. The largest absolute Gasteiger partial charge is 0.471 e. The molecular weight excluding hydrogens is 315 g/mol. The zero-order valence-electron chi connectivity index (χ0n) is 12.4. The summed E-state index contributed by atoms with van der Waals surface area (Å²) in [7, 11) is 0. The maximum atomic E-state index is 12.3. The fraction of sp³-hybridized carbons (Fsp3) is 0.533. The van der Waals surface area contributed by atoms with E-state index in [9.17, 15) is 23.1 Å². The molecule has 0 unspecified atom stereocenters. The highest BCUT2D eigenvalue weighted by atomic mass is 19.4. The zero-order chi connectivity index (χ0) is 17.0. The molecule has 1 aliphatic rings. The van der Waals surface area contributed by atoms with Crippen LogP contribution in [0.5, 0.6) is 0 Å². The highest BCUT2D eigenvalue weighted by Gasteiger charge is 2.43. The third-order valence-electron chi connectivity index (χ3n) is 3.56. The van der Waals surface area contributed by atoms with E-state index in [-0.39, 0.29) is 13.0 Å². The van der Waals surface area contributed by atoms with Gasteiger partial charge in [0.1, 0.15) is 6.10 Å². The van der Waals surface area contributed by atoms with E-state index in [1.807, 2.05) is 30.3 Å². The predicted octanol–water partition coefficient (Wildman–Crippen LogP) is 1.75. The number of hydrogen-bond acceptors (Lipinski definition) is 4. The van der Waals surface area contributed by atoms with Crippen LogP contribution in [0.4, 0.5) is 13.2 Å². The maximum absolute atomic E-state index is 12.3. The Morgan fingerprint density at radius 1 is 1.39 bits per heavy atom. The van der Waals surface area contributed by atoms with E-state index in [0.29, 0.717) is 0 Å². The fourth-order valence-corrected chi connectivity index (χ4v) is 2.31. The summed E-state index contributed by atoms with van der Waals surface area (Å²) < 4.78 is 47.9. The lowest BCUT2D eigenvalue weighted by molar-refractivity contribution is -0.231. The summed E-state index contributed by atoms with van der Waals surface area (Å²) in [5, 5.41) is 11.7. The van der Waals surface area contributed by atoms with Gasteiger partial charge < -0.3 is 19.9 Å². The Labute approximate surface area is 131 Å². The van der Waals surface area contributed by atoms with Crippen molar-refractivity contribution in [1.29, 1.82) is 0 Å². The van der Waals surface area contributed by atoms with E-state index in [2.05, 4.69) is 0 Å². The summed E-state index contributed by atoms with van der Waals surface area (Å²) in [5.41, 5.74) is 0.880. The Hall–Kier alpha value is -1.64. The summed E-state index contributed by atoms with van der Waals surface area (Å²) in [5.74, 6) is -2.09. The van der Waals surface area contributed by atoms with Gasteiger partial charge in [-0.3, -0.25) is 4.79 Å². The van der Waals surface area contributed by atoms with Crippen molar-refractivity contribution in [3.8, 4) is 0 Å². The lowest BCUT2D eigenvalue weighted by Crippen LogP contribution is -2.57. The highest BCUT2D eigenvalue weighted by molar-refractivity contribution is 5.82. The van der Waals surface area contributed by atoms with Crippen LogP contribution in [-0.4, -0.2) is 41.7 Å². The summed E-state index contributed by atoms with van der Waals surface area (Å²) in [6.07, 6.45) is -7.88. The van der Waals surface area contributed by atoms with Crippen LogP contribution < -0.4 is 5.32 Å². The van der Waals surface area contributed by atoms with Gasteiger partial charge in [-0.05, 0) is 12.5 Å². The number of rotatable bonds is 4. The Kier molecular flexibility index (Phi) is 5.61. The smallest absolute Gasteiger partial charge is 0.388 e. The van der Waals surface area contributed by atoms with Gasteiger partial charge in [-0.1, -0.05) is 30.3 Å². The third-order valence-corrected chi connectivity index (χ3v) is 3.56. The number of ether oxygens (including phenoxy) is 2. The number of carbonyl (C=O) groups excluding carboxylic acids is 1. The molecule has 1 aliphatic heterocycles. The number of halogens is 3. The second kappa shape index (κ2) is 7.29. The molecule has 23 heavy (non-hydrogen) atoms. The SMILES string of the molecule is C[C@@H]1O[C@@H](OCc2ccccc2)C[C@H](NC(=O)C(F)(F)F)[C@@H]1O. The molecule has 128 valence electrons. The molecule has 5 nitrogen and oxygen atoms in total. The first-order valence-corrected chi connectivity index (χ1v) is 7.14. The van der Waals surface area contributed by atoms with Crippen molar-refractivity contribution in [3.63, 3.8) is 0 Å². The van der Waals surface area contributed by atoms with Gasteiger partial charge in [0.15, 0.2) is 6.29 Å². The average molecular weight is 333 g/mol. The molecular formula is C15H18F3NO4. The van der Waals surface area contributed by atoms with Crippen molar-refractivity contribution >= 4 is 5.91 Å². The first-order chi connectivity index (χ1) is 10.8. The van der Waals surface area contributed by atoms with Crippen molar-refractivity contribution in [1.82, 2.24) is 5.32 Å². The molecule has 0 radical (unpaired) electrons. The molecule has 1 amide bonds. The fourth-order valence-electron chi connectivity index (χ4n) is 2.31. The first kappa shape index (κ1) is 17.7. The molecule has 8 heteroatoms. The second-order valence-electron chi connectivity index (χ2n) is 5.37. The topological polar surface area (TPSA) is 67.8 Å². The monoisotopic (exact) mass is 333 g/mol. The van der Waals surface area contributed by atoms with Crippen LogP contribution in [-0.2, 0) is 20.9 Å². The minimum atomic E-state index is -5.00. The molecule has 0 aromatic heterocycles. The third kappa shape index (κ3) is 4.92. The van der Waals surface area contributed by atoms with Gasteiger partial charge in [0.25, 0.3) is 0 Å². The van der Waals surface area contributed by atoms with Crippen molar-refractivity contribution in [3.05, 3.63) is 35.9 Å². The van der Waals surface area contributed by atoms with E-state index in [1.54, 1.807) is 5.32 Å². The average Bonchev–Trinajstić information content (AvgIpc) is 2.50. The van der Waals surface area contributed by atoms with Crippen molar-refractivity contribution in [2.45, 2.75) is 50.7 Å². The quantitative estimate of drug-likeness (QED) is 0.881. The minimum Gasteiger partial charge on any atom is -0.388 e. The normalized spacial score (nSPS) is 28.4. The van der Waals surface area contributed by atoms with Gasteiger partial charge in [0.2, 0.25) is 0 Å². The van der Waals surface area contributed by atoms with Crippen LogP contribution in [0, 0.1) is 0 Å². The van der Waals surface area contributed by atoms with E-state index >= 15 is 0 Å². The van der Waals surface area contributed by atoms with E-state index in [1.165, 1.54) is 6.92 Å². The number of carbonyl (C=O) groups is 1. The number of aliphatic hydroxyl groups is 1. The van der Waals surface area contributed by atoms with Crippen LogP contribution in [0.25, 0.3) is 0 Å². The maximum Gasteiger partial charge on any atom is 0.471 e. The van der Waals surface area contributed by atoms with Crippen LogP contribution >= 0.6 is 0 Å². The van der Waals surface area contributed by atoms with Gasteiger partial charge in [-0.25, -0.2) is 0 Å². The lowest BCUT2D eigenvalue weighted by Gasteiger charge is -2.38. The van der Waals surface area contributed by atoms with Crippen LogP contribution in [0.3, 0.4) is 0 Å². The van der Waals surface area contributed by atoms with Gasteiger partial charge >= 0.3 is 12.1 Å². The van der Waals surface area contributed by atoms with Crippen LogP contribution in [0.15, 0.2) is 30.3 Å². The molecule has 4 atom stereocenters. The summed E-state index contributed by atoms with van der Waals surface area (Å²) in [6, 6.07) is 8.10. The molecule has 0 aliphatic carbocycles. The summed E-state index contributed by atoms with van der Waals surface area (Å²) in [6.45, 7) is 1.73. The lowest BCUT2D eigenvalue weighted by atomic mass is 9.99. The van der Waals surface area contributed by atoms with Crippen molar-refractivity contribution in [2.75, 3.05) is 0 Å². The molecule has 2 N–H and O–H groups in total. The van der Waals surface area contributed by atoms with Gasteiger partial charge in [0, 0.05) is 6.42 Å². The number of amides is 1. The van der Waals surface area contributed by atoms with Gasteiger partial charge in [0.05, 0.1) is 18.8 Å².